The number of nitrogens with zero attached hydrogens (tertiary/aromatic N) is 2. The quantitative estimate of drug-likeness (QED) is 0.610. The Balaban J connectivity index is 0.000000287. The average Bonchev–Trinajstić information content (AvgIpc) is 3.52. The lowest BCUT2D eigenvalue weighted by atomic mass is 10.1. The van der Waals surface area contributed by atoms with Crippen molar-refractivity contribution in [1.82, 2.24) is 4.98 Å². The fraction of sp³-hybridized carbons (Fsp3) is 0.318. The summed E-state index contributed by atoms with van der Waals surface area (Å²) in [4.78, 5) is 14.6. The average molecular weight is 477 g/mol. The monoisotopic (exact) mass is 476 g/mol. The first-order valence-electron chi connectivity index (χ1n) is 9.43. The van der Waals surface area contributed by atoms with E-state index >= 15 is 0 Å². The third-order valence-electron chi connectivity index (χ3n) is 3.87. The van der Waals surface area contributed by atoms with Crippen LogP contribution in [0.4, 0.5) is 10.2 Å². The molecule has 1 aromatic heterocycles. The van der Waals surface area contributed by atoms with Gasteiger partial charge in [-0.05, 0) is 53.9 Å². The normalized spacial score (nSPS) is 12.8. The number of primary amides is 1. The van der Waals surface area contributed by atoms with Crippen LogP contribution in [0.3, 0.4) is 0 Å². The minimum atomic E-state index is -0.650. The third kappa shape index (κ3) is 7.58. The number of allylic oxidation sites excluding steroid dienone is 1. The highest BCUT2D eigenvalue weighted by atomic mass is 79.9. The summed E-state index contributed by atoms with van der Waals surface area (Å²) < 4.78 is 19.6. The summed E-state index contributed by atoms with van der Waals surface area (Å²) in [6, 6.07) is 10.5. The van der Waals surface area contributed by atoms with Crippen LogP contribution in [0.5, 0.6) is 0 Å². The smallest absolute Gasteiger partial charge is 0.243 e. The van der Waals surface area contributed by atoms with E-state index in [2.05, 4.69) is 32.8 Å². The molecular formula is C22H26BrFN4O2. The molecule has 160 valence electrons. The van der Waals surface area contributed by atoms with Crippen molar-refractivity contribution in [1.29, 1.82) is 5.26 Å². The number of aromatic nitrogens is 1. The highest BCUT2D eigenvalue weighted by Gasteiger charge is 2.48. The number of hydrogen-bond acceptors (Lipinski definition) is 5. The largest absolute Gasteiger partial charge is 0.368 e. The Morgan fingerprint density at radius 3 is 2.53 bits per heavy atom. The van der Waals surface area contributed by atoms with Gasteiger partial charge in [0.25, 0.3) is 0 Å². The van der Waals surface area contributed by atoms with Crippen molar-refractivity contribution in [3.63, 3.8) is 0 Å². The van der Waals surface area contributed by atoms with Crippen LogP contribution in [-0.2, 0) is 15.1 Å². The van der Waals surface area contributed by atoms with Crippen LogP contribution in [0.1, 0.15) is 44.7 Å². The van der Waals surface area contributed by atoms with Crippen LogP contribution < -0.4 is 11.1 Å². The van der Waals surface area contributed by atoms with Crippen LogP contribution in [0, 0.1) is 17.1 Å². The number of anilines is 1. The number of pyridine rings is 1. The van der Waals surface area contributed by atoms with Crippen LogP contribution in [-0.4, -0.2) is 17.5 Å². The van der Waals surface area contributed by atoms with Crippen molar-refractivity contribution >= 4 is 27.7 Å². The van der Waals surface area contributed by atoms with E-state index in [0.717, 1.165) is 5.70 Å². The second-order valence-corrected chi connectivity index (χ2v) is 7.15. The van der Waals surface area contributed by atoms with Crippen molar-refractivity contribution < 1.29 is 13.9 Å². The lowest BCUT2D eigenvalue weighted by Crippen LogP contribution is -2.24. The fourth-order valence-corrected chi connectivity index (χ4v) is 2.79. The Labute approximate surface area is 185 Å². The zero-order chi connectivity index (χ0) is 22.7. The number of ether oxygens (including phenoxy) is 1. The van der Waals surface area contributed by atoms with Crippen LogP contribution >= 0.6 is 15.9 Å². The van der Waals surface area contributed by atoms with Crippen LogP contribution in [0.2, 0.25) is 0 Å². The molecule has 0 unspecified atom stereocenters. The molecule has 1 fully saturated rings. The highest BCUT2D eigenvalue weighted by molar-refractivity contribution is 9.10. The van der Waals surface area contributed by atoms with Crippen molar-refractivity contribution in [3.05, 3.63) is 70.2 Å². The number of carbonyl (C=O) groups excluding carboxylic acids is 1. The predicted molar refractivity (Wildman–Crippen MR) is 119 cm³/mol. The topological polar surface area (TPSA) is 101 Å². The first-order chi connectivity index (χ1) is 14.3. The zero-order valence-electron chi connectivity index (χ0n) is 17.3. The molecule has 8 heteroatoms. The minimum absolute atomic E-state index is 0.175. The summed E-state index contributed by atoms with van der Waals surface area (Å²) in [5.74, 6) is -0.160. The van der Waals surface area contributed by atoms with Gasteiger partial charge in [-0.15, -0.1) is 0 Å². The van der Waals surface area contributed by atoms with Gasteiger partial charge in [0.1, 0.15) is 24.3 Å². The second kappa shape index (κ2) is 12.1. The Morgan fingerprint density at radius 1 is 1.40 bits per heavy atom. The lowest BCUT2D eigenvalue weighted by molar-refractivity contribution is -0.125. The first kappa shape index (κ1) is 25.3. The summed E-state index contributed by atoms with van der Waals surface area (Å²) in [5.41, 5.74) is 6.23. The molecule has 3 N–H and O–H groups in total. The van der Waals surface area contributed by atoms with Crippen LogP contribution in [0.25, 0.3) is 0 Å². The van der Waals surface area contributed by atoms with Gasteiger partial charge in [-0.3, -0.25) is 4.79 Å². The molecule has 3 rings (SSSR count). The van der Waals surface area contributed by atoms with Gasteiger partial charge < -0.3 is 15.8 Å². The molecule has 0 bridgehead atoms. The van der Waals surface area contributed by atoms with E-state index in [1.165, 1.54) is 6.20 Å². The Morgan fingerprint density at radius 2 is 2.07 bits per heavy atom. The Bertz CT molecular complexity index is 906. The van der Waals surface area contributed by atoms with Crippen molar-refractivity contribution in [2.75, 3.05) is 11.9 Å². The number of amides is 1. The molecule has 0 spiro atoms. The number of nitrogens with one attached hydrogen (secondary N) is 1. The molecular weight excluding hydrogens is 451 g/mol. The number of nitriles is 1. The SMILES string of the molecule is C=C(C)Nc1ccc(C#N)cn1.CC.NC(=O)COC1(c2cccc(Br)c2F)CC1. The molecule has 0 radical (unpaired) electrons. The maximum Gasteiger partial charge on any atom is 0.243 e. The predicted octanol–water partition coefficient (Wildman–Crippen LogP) is 5.00. The van der Waals surface area contributed by atoms with Gasteiger partial charge >= 0.3 is 0 Å². The number of rotatable bonds is 6. The van der Waals surface area contributed by atoms with Gasteiger partial charge in [-0.1, -0.05) is 32.6 Å². The Kier molecular flexibility index (Phi) is 10.2. The molecule has 1 aliphatic rings. The zero-order valence-corrected chi connectivity index (χ0v) is 18.9. The summed E-state index contributed by atoms with van der Waals surface area (Å²) in [5, 5.41) is 11.4. The van der Waals surface area contributed by atoms with E-state index in [0.29, 0.717) is 34.3 Å². The molecule has 0 saturated heterocycles. The van der Waals surface area contributed by atoms with E-state index in [9.17, 15) is 9.18 Å². The van der Waals surface area contributed by atoms with Crippen LogP contribution in [0.15, 0.2) is 53.3 Å². The molecule has 6 nitrogen and oxygen atoms in total. The molecule has 1 saturated carbocycles. The van der Waals surface area contributed by atoms with E-state index in [-0.39, 0.29) is 12.4 Å². The molecule has 1 heterocycles. The molecule has 0 aliphatic heterocycles. The molecule has 1 amide bonds. The highest BCUT2D eigenvalue weighted by Crippen LogP contribution is 2.50. The molecule has 30 heavy (non-hydrogen) atoms. The number of nitrogens with two attached hydrogens (primary N) is 1. The van der Waals surface area contributed by atoms with E-state index in [4.69, 9.17) is 15.7 Å². The fourth-order valence-electron chi connectivity index (χ4n) is 2.42. The minimum Gasteiger partial charge on any atom is -0.368 e. The molecule has 1 aliphatic carbocycles. The summed E-state index contributed by atoms with van der Waals surface area (Å²) in [6.45, 7) is 9.35. The number of hydrogen-bond donors (Lipinski definition) is 2. The summed E-state index contributed by atoms with van der Waals surface area (Å²) in [7, 11) is 0. The number of halogens is 2. The first-order valence-corrected chi connectivity index (χ1v) is 10.2. The third-order valence-corrected chi connectivity index (χ3v) is 4.48. The maximum absolute atomic E-state index is 13.8. The summed E-state index contributed by atoms with van der Waals surface area (Å²) >= 11 is 3.12. The van der Waals surface area contributed by atoms with Crippen molar-refractivity contribution in [3.8, 4) is 6.07 Å². The number of benzene rings is 1. The molecule has 0 atom stereocenters. The number of carbonyl (C=O) groups is 1. The van der Waals surface area contributed by atoms with Crippen molar-refractivity contribution in [2.24, 2.45) is 5.73 Å². The van der Waals surface area contributed by atoms with E-state index < -0.39 is 11.5 Å². The molecule has 1 aromatic carbocycles. The second-order valence-electron chi connectivity index (χ2n) is 6.30. The van der Waals surface area contributed by atoms with Gasteiger partial charge in [0.05, 0.1) is 15.6 Å². The molecule has 2 aromatic rings. The van der Waals surface area contributed by atoms with E-state index in [1.54, 1.807) is 30.3 Å². The summed E-state index contributed by atoms with van der Waals surface area (Å²) in [6.07, 6.45) is 2.95. The van der Waals surface area contributed by atoms with Gasteiger partial charge in [0, 0.05) is 17.5 Å². The van der Waals surface area contributed by atoms with Gasteiger partial charge in [-0.2, -0.15) is 5.26 Å². The lowest BCUT2D eigenvalue weighted by Gasteiger charge is -2.17. The standard InChI is InChI=1S/C11H11BrFNO2.C9H9N3.C2H6/c12-8-3-1-2-7(10(8)13)11(4-5-11)16-6-9(14)15;1-7(2)12-9-4-3-8(5-10)6-11-9;1-2/h1-3H,4-6H2,(H2,14,15);3-4,6H,1H2,2H3,(H,11,12);1-2H3. The van der Waals surface area contributed by atoms with Gasteiger partial charge in [0.2, 0.25) is 5.91 Å². The Hall–Kier alpha value is -2.76. The van der Waals surface area contributed by atoms with Crippen molar-refractivity contribution in [2.45, 2.75) is 39.2 Å². The maximum atomic E-state index is 13.8. The van der Waals surface area contributed by atoms with E-state index in [1.807, 2.05) is 26.8 Å². The van der Waals surface area contributed by atoms with Gasteiger partial charge in [0.15, 0.2) is 0 Å². The van der Waals surface area contributed by atoms with Gasteiger partial charge in [-0.25, -0.2) is 9.37 Å².